The van der Waals surface area contributed by atoms with Crippen LogP contribution in [0.5, 0.6) is 5.75 Å². The summed E-state index contributed by atoms with van der Waals surface area (Å²) in [5, 5.41) is 3.14. The second kappa shape index (κ2) is 6.95. The predicted octanol–water partition coefficient (Wildman–Crippen LogP) is 2.84. The monoisotopic (exact) mass is 318 g/mol. The number of nitrogens with one attached hydrogen (secondary N) is 1. The molecule has 0 aliphatic heterocycles. The zero-order valence-corrected chi connectivity index (χ0v) is 12.6. The molecule has 5 nitrogen and oxygen atoms in total. The summed E-state index contributed by atoms with van der Waals surface area (Å²) < 4.78 is 5.52. The summed E-state index contributed by atoms with van der Waals surface area (Å²) >= 11 is 5.98. The Morgan fingerprint density at radius 2 is 1.77 bits per heavy atom. The zero-order chi connectivity index (χ0) is 16.1. The molecule has 0 bridgehead atoms. The third-order valence-electron chi connectivity index (χ3n) is 2.95. The highest BCUT2D eigenvalue weighted by molar-refractivity contribution is 6.33. The molecule has 0 fully saturated rings. The number of halogens is 1. The molecule has 3 N–H and O–H groups in total. The lowest BCUT2D eigenvalue weighted by atomic mass is 10.2. The summed E-state index contributed by atoms with van der Waals surface area (Å²) in [4.78, 5) is 23.1. The van der Waals surface area contributed by atoms with Gasteiger partial charge in [0.2, 0.25) is 5.91 Å². The minimum absolute atomic E-state index is 0.327. The van der Waals surface area contributed by atoms with Crippen LogP contribution >= 0.6 is 11.6 Å². The van der Waals surface area contributed by atoms with E-state index in [0.29, 0.717) is 22.0 Å². The number of carbonyl (C=O) groups is 2. The summed E-state index contributed by atoms with van der Waals surface area (Å²) in [6, 6.07) is 13.2. The van der Waals surface area contributed by atoms with Crippen LogP contribution in [0.1, 0.15) is 17.3 Å². The van der Waals surface area contributed by atoms with Gasteiger partial charge in [0.1, 0.15) is 5.75 Å². The van der Waals surface area contributed by atoms with E-state index in [1.807, 2.05) is 0 Å². The molecule has 0 radical (unpaired) electrons. The van der Waals surface area contributed by atoms with E-state index < -0.39 is 12.0 Å². The molecular weight excluding hydrogens is 304 g/mol. The van der Waals surface area contributed by atoms with Crippen molar-refractivity contribution in [2.75, 3.05) is 5.32 Å². The van der Waals surface area contributed by atoms with Gasteiger partial charge in [-0.15, -0.1) is 0 Å². The number of amides is 2. The van der Waals surface area contributed by atoms with Crippen molar-refractivity contribution in [2.24, 2.45) is 5.73 Å². The summed E-state index contributed by atoms with van der Waals surface area (Å²) in [6.45, 7) is 1.62. The highest BCUT2D eigenvalue weighted by Crippen LogP contribution is 2.21. The standard InChI is InChI=1S/C16H15ClN2O3/c1-10(16(21)19-14-5-3-2-4-13(14)17)22-12-8-6-11(7-9-12)15(18)20/h2-10H,1H3,(H2,18,20)(H,19,21)/t10-/m1/s1. The molecule has 114 valence electrons. The Hall–Kier alpha value is -2.53. The van der Waals surface area contributed by atoms with Gasteiger partial charge in [-0.1, -0.05) is 23.7 Å². The van der Waals surface area contributed by atoms with E-state index in [0.717, 1.165) is 0 Å². The van der Waals surface area contributed by atoms with Crippen molar-refractivity contribution in [3.05, 3.63) is 59.1 Å². The Balaban J connectivity index is 1.99. The van der Waals surface area contributed by atoms with Gasteiger partial charge in [-0.25, -0.2) is 0 Å². The quantitative estimate of drug-likeness (QED) is 0.889. The molecule has 2 aromatic rings. The third-order valence-corrected chi connectivity index (χ3v) is 3.28. The lowest BCUT2D eigenvalue weighted by Gasteiger charge is -2.15. The van der Waals surface area contributed by atoms with E-state index in [1.165, 1.54) is 12.1 Å². The van der Waals surface area contributed by atoms with E-state index in [2.05, 4.69) is 5.32 Å². The molecule has 0 saturated carbocycles. The van der Waals surface area contributed by atoms with Gasteiger partial charge in [0.25, 0.3) is 5.91 Å². The largest absolute Gasteiger partial charge is 0.481 e. The lowest BCUT2D eigenvalue weighted by molar-refractivity contribution is -0.122. The number of anilines is 1. The first-order valence-electron chi connectivity index (χ1n) is 6.59. The number of benzene rings is 2. The van der Waals surface area contributed by atoms with Crippen LogP contribution in [-0.2, 0) is 4.79 Å². The van der Waals surface area contributed by atoms with Crippen molar-refractivity contribution in [3.63, 3.8) is 0 Å². The third kappa shape index (κ3) is 3.99. The van der Waals surface area contributed by atoms with Crippen LogP contribution in [-0.4, -0.2) is 17.9 Å². The molecule has 0 heterocycles. The Bertz CT molecular complexity index is 686. The molecule has 6 heteroatoms. The molecule has 0 saturated heterocycles. The van der Waals surface area contributed by atoms with Gasteiger partial charge in [0, 0.05) is 5.56 Å². The Kier molecular flexibility index (Phi) is 5.01. The second-order valence-electron chi connectivity index (χ2n) is 4.62. The van der Waals surface area contributed by atoms with E-state index in [1.54, 1.807) is 43.3 Å². The van der Waals surface area contributed by atoms with Crippen LogP contribution in [0.3, 0.4) is 0 Å². The summed E-state index contributed by atoms with van der Waals surface area (Å²) in [5.74, 6) is -0.380. The molecule has 22 heavy (non-hydrogen) atoms. The Morgan fingerprint density at radius 1 is 1.14 bits per heavy atom. The predicted molar refractivity (Wildman–Crippen MR) is 85.1 cm³/mol. The first kappa shape index (κ1) is 15.9. The van der Waals surface area contributed by atoms with Crippen LogP contribution in [0.4, 0.5) is 5.69 Å². The van der Waals surface area contributed by atoms with E-state index in [-0.39, 0.29) is 5.91 Å². The van der Waals surface area contributed by atoms with Crippen LogP contribution in [0, 0.1) is 0 Å². The molecule has 1 atom stereocenters. The fourth-order valence-electron chi connectivity index (χ4n) is 1.75. The fraction of sp³-hybridized carbons (Fsp3) is 0.125. The van der Waals surface area contributed by atoms with E-state index in [9.17, 15) is 9.59 Å². The van der Waals surface area contributed by atoms with Crippen molar-refractivity contribution in [1.82, 2.24) is 0 Å². The van der Waals surface area contributed by atoms with Crippen molar-refractivity contribution < 1.29 is 14.3 Å². The molecular formula is C16H15ClN2O3. The molecule has 0 aliphatic rings. The number of carbonyl (C=O) groups excluding carboxylic acids is 2. The molecule has 2 rings (SSSR count). The number of hydrogen-bond donors (Lipinski definition) is 2. The Labute approximate surface area is 133 Å². The van der Waals surface area contributed by atoms with Gasteiger partial charge in [-0.2, -0.15) is 0 Å². The average Bonchev–Trinajstić information content (AvgIpc) is 2.50. The minimum Gasteiger partial charge on any atom is -0.481 e. The normalized spacial score (nSPS) is 11.5. The maximum absolute atomic E-state index is 12.1. The zero-order valence-electron chi connectivity index (χ0n) is 11.9. The van der Waals surface area contributed by atoms with Gasteiger partial charge in [-0.3, -0.25) is 9.59 Å². The molecule has 0 spiro atoms. The maximum Gasteiger partial charge on any atom is 0.265 e. The SMILES string of the molecule is C[C@@H](Oc1ccc(C(N)=O)cc1)C(=O)Nc1ccccc1Cl. The molecule has 0 unspecified atom stereocenters. The number of ether oxygens (including phenoxy) is 1. The highest BCUT2D eigenvalue weighted by Gasteiger charge is 2.16. The minimum atomic E-state index is -0.726. The maximum atomic E-state index is 12.1. The van der Waals surface area contributed by atoms with Crippen LogP contribution in [0.25, 0.3) is 0 Å². The van der Waals surface area contributed by atoms with Crippen LogP contribution in [0.2, 0.25) is 5.02 Å². The molecule has 0 aliphatic carbocycles. The second-order valence-corrected chi connectivity index (χ2v) is 5.03. The summed E-state index contributed by atoms with van der Waals surface area (Å²) in [7, 11) is 0. The average molecular weight is 319 g/mol. The van der Waals surface area contributed by atoms with Crippen molar-refractivity contribution >= 4 is 29.1 Å². The van der Waals surface area contributed by atoms with E-state index in [4.69, 9.17) is 22.1 Å². The molecule has 2 amide bonds. The Morgan fingerprint density at radius 3 is 2.36 bits per heavy atom. The summed E-state index contributed by atoms with van der Waals surface area (Å²) in [6.07, 6.45) is -0.726. The highest BCUT2D eigenvalue weighted by atomic mass is 35.5. The lowest BCUT2D eigenvalue weighted by Crippen LogP contribution is -2.30. The first-order valence-corrected chi connectivity index (χ1v) is 6.97. The number of rotatable bonds is 5. The van der Waals surface area contributed by atoms with Gasteiger partial charge in [-0.05, 0) is 43.3 Å². The van der Waals surface area contributed by atoms with E-state index >= 15 is 0 Å². The number of para-hydroxylation sites is 1. The number of primary amides is 1. The fourth-order valence-corrected chi connectivity index (χ4v) is 1.94. The smallest absolute Gasteiger partial charge is 0.265 e. The van der Waals surface area contributed by atoms with Crippen LogP contribution < -0.4 is 15.8 Å². The summed E-state index contributed by atoms with van der Waals surface area (Å²) in [5.41, 5.74) is 6.05. The first-order chi connectivity index (χ1) is 10.5. The van der Waals surface area contributed by atoms with Gasteiger partial charge in [0.05, 0.1) is 10.7 Å². The topological polar surface area (TPSA) is 81.4 Å². The van der Waals surface area contributed by atoms with Gasteiger partial charge < -0.3 is 15.8 Å². The number of nitrogens with two attached hydrogens (primary N) is 1. The van der Waals surface area contributed by atoms with Crippen LogP contribution in [0.15, 0.2) is 48.5 Å². The number of hydrogen-bond acceptors (Lipinski definition) is 3. The molecule has 0 aromatic heterocycles. The van der Waals surface area contributed by atoms with Gasteiger partial charge >= 0.3 is 0 Å². The van der Waals surface area contributed by atoms with Crippen molar-refractivity contribution in [1.29, 1.82) is 0 Å². The van der Waals surface area contributed by atoms with Crippen molar-refractivity contribution in [2.45, 2.75) is 13.0 Å². The van der Waals surface area contributed by atoms with Gasteiger partial charge in [0.15, 0.2) is 6.10 Å². The van der Waals surface area contributed by atoms with Crippen molar-refractivity contribution in [3.8, 4) is 5.75 Å². The molecule has 2 aromatic carbocycles.